The van der Waals surface area contributed by atoms with Gasteiger partial charge in [0, 0.05) is 31.5 Å². The quantitative estimate of drug-likeness (QED) is 0.939. The number of carbonyl (C=O) groups excluding carboxylic acids is 1. The van der Waals surface area contributed by atoms with E-state index < -0.39 is 0 Å². The monoisotopic (exact) mass is 286 g/mol. The van der Waals surface area contributed by atoms with E-state index in [0.717, 1.165) is 28.8 Å². The Kier molecular flexibility index (Phi) is 4.62. The number of rotatable bonds is 4. The maximum absolute atomic E-state index is 12.3. The van der Waals surface area contributed by atoms with Gasteiger partial charge in [0.05, 0.1) is 12.7 Å². The van der Waals surface area contributed by atoms with Gasteiger partial charge in [0.1, 0.15) is 0 Å². The largest absolute Gasteiger partial charge is 0.323 e. The van der Waals surface area contributed by atoms with Crippen LogP contribution in [0.25, 0.3) is 0 Å². The number of aryl methyl sites for hydroxylation is 3. The standard InChI is InChI=1S/C16H22N4O/c1-5-14-8-6-7-12(2)15(14)18-16(21)19(3)10-13-9-17-20(4)11-13/h6-9,11H,5,10H2,1-4H3,(H,18,21). The number of urea groups is 1. The highest BCUT2D eigenvalue weighted by atomic mass is 16.2. The van der Waals surface area contributed by atoms with Crippen molar-refractivity contribution in [3.8, 4) is 0 Å². The van der Waals surface area contributed by atoms with Crippen LogP contribution in [0.1, 0.15) is 23.6 Å². The summed E-state index contributed by atoms with van der Waals surface area (Å²) in [6.07, 6.45) is 4.58. The van der Waals surface area contributed by atoms with Crippen molar-refractivity contribution in [2.24, 2.45) is 7.05 Å². The van der Waals surface area contributed by atoms with Crippen LogP contribution in [-0.2, 0) is 20.0 Å². The molecule has 2 rings (SSSR count). The number of anilines is 1. The van der Waals surface area contributed by atoms with Crippen molar-refractivity contribution in [2.75, 3.05) is 12.4 Å². The maximum Gasteiger partial charge on any atom is 0.321 e. The van der Waals surface area contributed by atoms with Crippen LogP contribution < -0.4 is 5.32 Å². The van der Waals surface area contributed by atoms with Crippen LogP contribution in [0.3, 0.4) is 0 Å². The van der Waals surface area contributed by atoms with Gasteiger partial charge in [0.25, 0.3) is 0 Å². The van der Waals surface area contributed by atoms with E-state index in [-0.39, 0.29) is 6.03 Å². The highest BCUT2D eigenvalue weighted by molar-refractivity contribution is 5.90. The second-order valence-electron chi connectivity index (χ2n) is 5.27. The van der Waals surface area contributed by atoms with E-state index in [1.807, 2.05) is 38.4 Å². The fourth-order valence-corrected chi connectivity index (χ4v) is 2.30. The molecule has 0 aliphatic carbocycles. The SMILES string of the molecule is CCc1cccc(C)c1NC(=O)N(C)Cc1cnn(C)c1. The first-order valence-electron chi connectivity index (χ1n) is 7.09. The van der Waals surface area contributed by atoms with Gasteiger partial charge in [-0.2, -0.15) is 5.10 Å². The summed E-state index contributed by atoms with van der Waals surface area (Å²) in [6.45, 7) is 4.63. The number of hydrogen-bond donors (Lipinski definition) is 1. The predicted octanol–water partition coefficient (Wildman–Crippen LogP) is 2.95. The van der Waals surface area contributed by atoms with Crippen molar-refractivity contribution in [3.63, 3.8) is 0 Å². The third-order valence-corrected chi connectivity index (χ3v) is 3.50. The minimum absolute atomic E-state index is 0.108. The molecule has 112 valence electrons. The van der Waals surface area contributed by atoms with Gasteiger partial charge in [-0.05, 0) is 24.5 Å². The van der Waals surface area contributed by atoms with E-state index in [9.17, 15) is 4.79 Å². The molecule has 1 aromatic heterocycles. The van der Waals surface area contributed by atoms with Gasteiger partial charge in [-0.3, -0.25) is 4.68 Å². The molecule has 0 unspecified atom stereocenters. The fraction of sp³-hybridized carbons (Fsp3) is 0.375. The summed E-state index contributed by atoms with van der Waals surface area (Å²) in [5.74, 6) is 0. The molecular weight excluding hydrogens is 264 g/mol. The molecular formula is C16H22N4O. The molecule has 1 heterocycles. The number of nitrogens with zero attached hydrogens (tertiary/aromatic N) is 3. The Morgan fingerprint density at radius 3 is 2.81 bits per heavy atom. The molecule has 0 bridgehead atoms. The van der Waals surface area contributed by atoms with Crippen LogP contribution in [0.4, 0.5) is 10.5 Å². The predicted molar refractivity (Wildman–Crippen MR) is 84.3 cm³/mol. The summed E-state index contributed by atoms with van der Waals surface area (Å²) in [5, 5.41) is 7.13. The molecule has 0 aliphatic heterocycles. The summed E-state index contributed by atoms with van der Waals surface area (Å²) >= 11 is 0. The lowest BCUT2D eigenvalue weighted by Crippen LogP contribution is -2.31. The zero-order valence-corrected chi connectivity index (χ0v) is 13.1. The first-order chi connectivity index (χ1) is 10.0. The van der Waals surface area contributed by atoms with Gasteiger partial charge >= 0.3 is 6.03 Å². The van der Waals surface area contributed by atoms with Crippen LogP contribution >= 0.6 is 0 Å². The Hall–Kier alpha value is -2.30. The third-order valence-electron chi connectivity index (χ3n) is 3.50. The smallest absolute Gasteiger partial charge is 0.321 e. The number of amides is 2. The number of benzene rings is 1. The lowest BCUT2D eigenvalue weighted by Gasteiger charge is -2.19. The van der Waals surface area contributed by atoms with Gasteiger partial charge in [-0.15, -0.1) is 0 Å². The van der Waals surface area contributed by atoms with Crippen molar-refractivity contribution in [2.45, 2.75) is 26.8 Å². The molecule has 2 amide bonds. The lowest BCUT2D eigenvalue weighted by molar-refractivity contribution is 0.220. The maximum atomic E-state index is 12.3. The Morgan fingerprint density at radius 1 is 1.43 bits per heavy atom. The highest BCUT2D eigenvalue weighted by Gasteiger charge is 2.13. The van der Waals surface area contributed by atoms with Crippen molar-refractivity contribution in [3.05, 3.63) is 47.3 Å². The average molecular weight is 286 g/mol. The minimum atomic E-state index is -0.108. The molecule has 5 heteroatoms. The van der Waals surface area contributed by atoms with Crippen LogP contribution in [-0.4, -0.2) is 27.8 Å². The first kappa shape index (κ1) is 15.1. The topological polar surface area (TPSA) is 50.2 Å². The molecule has 0 saturated carbocycles. The number of nitrogens with one attached hydrogen (secondary N) is 1. The van der Waals surface area contributed by atoms with Crippen LogP contribution in [0.5, 0.6) is 0 Å². The zero-order valence-electron chi connectivity index (χ0n) is 13.1. The molecule has 0 atom stereocenters. The Morgan fingerprint density at radius 2 is 2.19 bits per heavy atom. The van der Waals surface area contributed by atoms with E-state index in [1.165, 1.54) is 0 Å². The summed E-state index contributed by atoms with van der Waals surface area (Å²) in [6, 6.07) is 5.96. The molecule has 0 radical (unpaired) electrons. The molecule has 0 fully saturated rings. The summed E-state index contributed by atoms with van der Waals surface area (Å²) in [5.41, 5.74) is 4.16. The van der Waals surface area contributed by atoms with Gasteiger partial charge in [0.15, 0.2) is 0 Å². The van der Waals surface area contributed by atoms with Crippen molar-refractivity contribution in [1.29, 1.82) is 0 Å². The average Bonchev–Trinajstić information content (AvgIpc) is 2.86. The van der Waals surface area contributed by atoms with Gasteiger partial charge in [-0.1, -0.05) is 25.1 Å². The highest BCUT2D eigenvalue weighted by Crippen LogP contribution is 2.21. The molecule has 0 saturated heterocycles. The molecule has 5 nitrogen and oxygen atoms in total. The molecule has 21 heavy (non-hydrogen) atoms. The van der Waals surface area contributed by atoms with Gasteiger partial charge in [0.2, 0.25) is 0 Å². The Labute approximate surface area is 125 Å². The summed E-state index contributed by atoms with van der Waals surface area (Å²) < 4.78 is 1.73. The Bertz CT molecular complexity index is 633. The van der Waals surface area contributed by atoms with E-state index in [1.54, 1.807) is 22.8 Å². The number of para-hydroxylation sites is 1. The van der Waals surface area contributed by atoms with E-state index in [0.29, 0.717) is 6.54 Å². The molecule has 1 N–H and O–H groups in total. The number of aromatic nitrogens is 2. The van der Waals surface area contributed by atoms with Crippen LogP contribution in [0.2, 0.25) is 0 Å². The summed E-state index contributed by atoms with van der Waals surface area (Å²) in [7, 11) is 3.65. The third kappa shape index (κ3) is 3.62. The lowest BCUT2D eigenvalue weighted by atomic mass is 10.1. The fourth-order valence-electron chi connectivity index (χ4n) is 2.30. The first-order valence-corrected chi connectivity index (χ1v) is 7.09. The minimum Gasteiger partial charge on any atom is -0.323 e. The van der Waals surface area contributed by atoms with Crippen LogP contribution in [0.15, 0.2) is 30.6 Å². The molecule has 0 spiro atoms. The second-order valence-corrected chi connectivity index (χ2v) is 5.27. The molecule has 2 aromatic rings. The van der Waals surface area contributed by atoms with Gasteiger partial charge in [-0.25, -0.2) is 4.79 Å². The Balaban J connectivity index is 2.07. The van der Waals surface area contributed by atoms with Crippen LogP contribution in [0, 0.1) is 6.92 Å². The van der Waals surface area contributed by atoms with Crippen molar-refractivity contribution in [1.82, 2.24) is 14.7 Å². The van der Waals surface area contributed by atoms with E-state index in [2.05, 4.69) is 17.3 Å². The number of hydrogen-bond acceptors (Lipinski definition) is 2. The van der Waals surface area contributed by atoms with E-state index >= 15 is 0 Å². The number of carbonyl (C=O) groups is 1. The van der Waals surface area contributed by atoms with E-state index in [4.69, 9.17) is 0 Å². The van der Waals surface area contributed by atoms with Crippen molar-refractivity contribution < 1.29 is 4.79 Å². The summed E-state index contributed by atoms with van der Waals surface area (Å²) in [4.78, 5) is 14.0. The normalized spacial score (nSPS) is 10.5. The molecule has 1 aromatic carbocycles. The van der Waals surface area contributed by atoms with Gasteiger partial charge < -0.3 is 10.2 Å². The van der Waals surface area contributed by atoms with Crippen molar-refractivity contribution >= 4 is 11.7 Å². The second kappa shape index (κ2) is 6.43. The molecule has 0 aliphatic rings. The zero-order chi connectivity index (χ0) is 15.4.